The molecule has 7 nitrogen and oxygen atoms in total. The number of nitrogens with one attached hydrogen (secondary N) is 1. The Kier molecular flexibility index (Phi) is 4.65. The van der Waals surface area contributed by atoms with Gasteiger partial charge in [0, 0.05) is 28.9 Å². The van der Waals surface area contributed by atoms with Gasteiger partial charge in [-0.05, 0) is 32.8 Å². The van der Waals surface area contributed by atoms with E-state index in [1.54, 1.807) is 20.0 Å². The number of hydrogen-bond acceptors (Lipinski definition) is 6. The first-order chi connectivity index (χ1) is 12.1. The van der Waals surface area contributed by atoms with E-state index in [4.69, 9.17) is 0 Å². The van der Waals surface area contributed by atoms with Crippen molar-refractivity contribution in [2.45, 2.75) is 39.8 Å². The maximum Gasteiger partial charge on any atom is 0.453 e. The molecular formula is C15H15F3N6OS. The molecule has 1 N–H and O–H groups in total. The maximum absolute atomic E-state index is 12.8. The number of halogens is 3. The predicted molar refractivity (Wildman–Crippen MR) is 89.1 cm³/mol. The molecule has 0 unspecified atom stereocenters. The van der Waals surface area contributed by atoms with E-state index in [2.05, 4.69) is 25.4 Å². The van der Waals surface area contributed by atoms with Crippen LogP contribution in [0.4, 0.5) is 18.3 Å². The number of amides is 1. The SMILES string of the molecule is Cc1cnc(NC(=O)CCc2c(C)nc3nc(C(F)(F)F)nn3c2C)s1. The Hall–Kier alpha value is -2.56. The van der Waals surface area contributed by atoms with Gasteiger partial charge in [0.2, 0.25) is 5.91 Å². The number of hydrogen-bond donors (Lipinski definition) is 1. The molecule has 0 aliphatic heterocycles. The Labute approximate surface area is 150 Å². The summed E-state index contributed by atoms with van der Waals surface area (Å²) in [5, 5.41) is 6.70. The van der Waals surface area contributed by atoms with Crippen molar-refractivity contribution in [1.82, 2.24) is 24.6 Å². The van der Waals surface area contributed by atoms with Crippen LogP contribution in [0.25, 0.3) is 5.78 Å². The van der Waals surface area contributed by atoms with Crippen molar-refractivity contribution < 1.29 is 18.0 Å². The van der Waals surface area contributed by atoms with Gasteiger partial charge in [0.1, 0.15) is 0 Å². The number of aromatic nitrogens is 5. The van der Waals surface area contributed by atoms with Crippen molar-refractivity contribution in [2.24, 2.45) is 0 Å². The number of aryl methyl sites for hydroxylation is 3. The highest BCUT2D eigenvalue weighted by molar-refractivity contribution is 7.15. The number of thiazole rings is 1. The monoisotopic (exact) mass is 384 g/mol. The molecule has 138 valence electrons. The molecule has 0 aliphatic rings. The summed E-state index contributed by atoms with van der Waals surface area (Å²) in [5.41, 5.74) is 1.67. The topological polar surface area (TPSA) is 85.1 Å². The lowest BCUT2D eigenvalue weighted by molar-refractivity contribution is -0.144. The van der Waals surface area contributed by atoms with Crippen LogP contribution in [0.2, 0.25) is 0 Å². The molecule has 11 heteroatoms. The van der Waals surface area contributed by atoms with E-state index < -0.39 is 12.0 Å². The van der Waals surface area contributed by atoms with E-state index >= 15 is 0 Å². The first-order valence-corrected chi connectivity index (χ1v) is 8.49. The van der Waals surface area contributed by atoms with Gasteiger partial charge in [-0.3, -0.25) is 4.79 Å². The Morgan fingerprint density at radius 2 is 2.00 bits per heavy atom. The van der Waals surface area contributed by atoms with Gasteiger partial charge >= 0.3 is 6.18 Å². The smallest absolute Gasteiger partial charge is 0.302 e. The first kappa shape index (κ1) is 18.2. The number of alkyl halides is 3. The van der Waals surface area contributed by atoms with Gasteiger partial charge in [-0.1, -0.05) is 0 Å². The second kappa shape index (κ2) is 6.63. The highest BCUT2D eigenvalue weighted by atomic mass is 32.1. The first-order valence-electron chi connectivity index (χ1n) is 7.67. The molecule has 3 heterocycles. The van der Waals surface area contributed by atoms with Crippen LogP contribution in [0, 0.1) is 20.8 Å². The van der Waals surface area contributed by atoms with Crippen molar-refractivity contribution in [3.8, 4) is 0 Å². The Morgan fingerprint density at radius 3 is 2.62 bits per heavy atom. The number of carbonyl (C=O) groups is 1. The van der Waals surface area contributed by atoms with Crippen molar-refractivity contribution in [2.75, 3.05) is 5.32 Å². The van der Waals surface area contributed by atoms with Crippen molar-refractivity contribution in [3.05, 3.63) is 33.8 Å². The fraction of sp³-hybridized carbons (Fsp3) is 0.400. The predicted octanol–water partition coefficient (Wildman–Crippen LogP) is 3.10. The minimum Gasteiger partial charge on any atom is -0.302 e. The number of fused-ring (bicyclic) bond motifs is 1. The summed E-state index contributed by atoms with van der Waals surface area (Å²) in [4.78, 5) is 24.6. The van der Waals surface area contributed by atoms with Crippen LogP contribution in [0.3, 0.4) is 0 Å². The van der Waals surface area contributed by atoms with Crippen molar-refractivity contribution in [1.29, 1.82) is 0 Å². The lowest BCUT2D eigenvalue weighted by Gasteiger charge is -2.10. The van der Waals surface area contributed by atoms with Crippen molar-refractivity contribution >= 4 is 28.2 Å². The van der Waals surface area contributed by atoms with E-state index in [0.29, 0.717) is 28.5 Å². The minimum atomic E-state index is -4.64. The third kappa shape index (κ3) is 3.66. The molecule has 0 radical (unpaired) electrons. The summed E-state index contributed by atoms with van der Waals surface area (Å²) >= 11 is 1.37. The van der Waals surface area contributed by atoms with E-state index in [0.717, 1.165) is 9.39 Å². The van der Waals surface area contributed by atoms with E-state index in [9.17, 15) is 18.0 Å². The summed E-state index contributed by atoms with van der Waals surface area (Å²) in [7, 11) is 0. The second-order valence-corrected chi connectivity index (χ2v) is 6.97. The molecule has 3 rings (SSSR count). The third-order valence-electron chi connectivity index (χ3n) is 3.77. The van der Waals surface area contributed by atoms with E-state index in [-0.39, 0.29) is 18.1 Å². The largest absolute Gasteiger partial charge is 0.453 e. The van der Waals surface area contributed by atoms with Crippen LogP contribution in [-0.2, 0) is 17.4 Å². The van der Waals surface area contributed by atoms with Gasteiger partial charge < -0.3 is 5.32 Å². The molecule has 26 heavy (non-hydrogen) atoms. The summed E-state index contributed by atoms with van der Waals surface area (Å²) in [6.45, 7) is 5.19. The fourth-order valence-electron chi connectivity index (χ4n) is 2.52. The summed E-state index contributed by atoms with van der Waals surface area (Å²) in [6.07, 6.45) is -2.51. The van der Waals surface area contributed by atoms with Crippen LogP contribution in [0.5, 0.6) is 0 Å². The summed E-state index contributed by atoms with van der Waals surface area (Å²) in [5.74, 6) is -1.58. The molecule has 3 aromatic rings. The number of rotatable bonds is 4. The molecule has 0 bridgehead atoms. The highest BCUT2D eigenvalue weighted by Crippen LogP contribution is 2.27. The van der Waals surface area contributed by atoms with Crippen molar-refractivity contribution in [3.63, 3.8) is 0 Å². The molecular weight excluding hydrogens is 369 g/mol. The van der Waals surface area contributed by atoms with Crippen LogP contribution >= 0.6 is 11.3 Å². The quantitative estimate of drug-likeness (QED) is 0.747. The zero-order valence-electron chi connectivity index (χ0n) is 14.2. The molecule has 0 fully saturated rings. The zero-order valence-corrected chi connectivity index (χ0v) is 15.0. The van der Waals surface area contributed by atoms with E-state index in [1.807, 2.05) is 6.92 Å². The number of nitrogens with zero attached hydrogens (tertiary/aromatic N) is 5. The number of carbonyl (C=O) groups excluding carboxylic acids is 1. The number of anilines is 1. The second-order valence-electron chi connectivity index (χ2n) is 5.73. The maximum atomic E-state index is 12.8. The van der Waals surface area contributed by atoms with Gasteiger partial charge in [0.05, 0.1) is 0 Å². The average Bonchev–Trinajstić information content (AvgIpc) is 3.13. The average molecular weight is 384 g/mol. The Morgan fingerprint density at radius 1 is 1.27 bits per heavy atom. The van der Waals surface area contributed by atoms with Gasteiger partial charge in [0.25, 0.3) is 11.6 Å². The van der Waals surface area contributed by atoms with Gasteiger partial charge in [-0.25, -0.2) is 14.5 Å². The summed E-state index contributed by atoms with van der Waals surface area (Å²) in [6, 6.07) is 0. The third-order valence-corrected chi connectivity index (χ3v) is 4.60. The Bertz CT molecular complexity index is 978. The molecule has 0 aromatic carbocycles. The van der Waals surface area contributed by atoms with Crippen LogP contribution in [0.15, 0.2) is 6.20 Å². The zero-order chi connectivity index (χ0) is 19.1. The van der Waals surface area contributed by atoms with Crippen LogP contribution in [-0.4, -0.2) is 30.5 Å². The van der Waals surface area contributed by atoms with Crippen LogP contribution in [0.1, 0.15) is 34.1 Å². The molecule has 0 saturated carbocycles. The Balaban J connectivity index is 1.80. The lowest BCUT2D eigenvalue weighted by atomic mass is 10.1. The van der Waals surface area contributed by atoms with Gasteiger partial charge in [-0.15, -0.1) is 16.4 Å². The molecule has 0 saturated heterocycles. The molecule has 0 atom stereocenters. The molecule has 0 aliphatic carbocycles. The normalized spacial score (nSPS) is 11.9. The standard InChI is InChI=1S/C15H15F3N6OS/c1-7-6-19-14(26-7)21-11(25)5-4-10-8(2)20-13-22-12(15(16,17)18)23-24(13)9(10)3/h6H,4-5H2,1-3H3,(H,19,21,25). The van der Waals surface area contributed by atoms with E-state index in [1.165, 1.54) is 11.3 Å². The summed E-state index contributed by atoms with van der Waals surface area (Å²) < 4.78 is 39.5. The molecule has 1 amide bonds. The molecule has 0 spiro atoms. The fourth-order valence-corrected chi connectivity index (χ4v) is 3.20. The minimum absolute atomic E-state index is 0.112. The van der Waals surface area contributed by atoms with Crippen LogP contribution < -0.4 is 5.32 Å². The lowest BCUT2D eigenvalue weighted by Crippen LogP contribution is -2.14. The highest BCUT2D eigenvalue weighted by Gasteiger charge is 2.36. The van der Waals surface area contributed by atoms with Gasteiger partial charge in [-0.2, -0.15) is 18.2 Å². The van der Waals surface area contributed by atoms with Gasteiger partial charge in [0.15, 0.2) is 5.13 Å². The molecule has 3 aromatic heterocycles.